The molecule has 0 fully saturated rings. The average molecular weight is 262 g/mol. The van der Waals surface area contributed by atoms with Crippen LogP contribution in [0.25, 0.3) is 0 Å². The summed E-state index contributed by atoms with van der Waals surface area (Å²) in [5.74, 6) is 1.09. The van der Waals surface area contributed by atoms with E-state index in [0.29, 0.717) is 17.2 Å². The number of carbonyl (C=O) groups excluding carboxylic acids is 1. The van der Waals surface area contributed by atoms with Crippen molar-refractivity contribution in [3.63, 3.8) is 0 Å². The number of nitrogens with one attached hydrogen (secondary N) is 1. The lowest BCUT2D eigenvalue weighted by atomic mass is 10.1. The minimum absolute atomic E-state index is 0.162. The lowest BCUT2D eigenvalue weighted by Gasteiger charge is -2.17. The van der Waals surface area contributed by atoms with Gasteiger partial charge in [-0.05, 0) is 25.0 Å². The number of ether oxygens (including phenoxy) is 2. The number of nitriles is 1. The van der Waals surface area contributed by atoms with Crippen molar-refractivity contribution in [3.05, 3.63) is 17.2 Å². The molecule has 5 heteroatoms. The van der Waals surface area contributed by atoms with Crippen molar-refractivity contribution in [2.45, 2.75) is 26.7 Å². The lowest BCUT2D eigenvalue weighted by Crippen LogP contribution is -2.12. The van der Waals surface area contributed by atoms with E-state index in [0.717, 1.165) is 11.1 Å². The van der Waals surface area contributed by atoms with E-state index in [4.69, 9.17) is 14.7 Å². The molecule has 5 nitrogen and oxygen atoms in total. The van der Waals surface area contributed by atoms with Gasteiger partial charge in [0.1, 0.15) is 11.5 Å². The summed E-state index contributed by atoms with van der Waals surface area (Å²) < 4.78 is 10.6. The second-order valence-corrected chi connectivity index (χ2v) is 4.12. The van der Waals surface area contributed by atoms with Crippen LogP contribution in [-0.2, 0) is 4.79 Å². The molecule has 0 aliphatic carbocycles. The number of anilines is 1. The highest BCUT2D eigenvalue weighted by molar-refractivity contribution is 5.93. The van der Waals surface area contributed by atoms with Gasteiger partial charge in [-0.2, -0.15) is 5.26 Å². The van der Waals surface area contributed by atoms with Crippen molar-refractivity contribution < 1.29 is 14.3 Å². The Morgan fingerprint density at radius 2 is 2.00 bits per heavy atom. The molecule has 0 unspecified atom stereocenters. The predicted octanol–water partition coefficient (Wildman–Crippen LogP) is 2.56. The molecule has 0 aliphatic heterocycles. The van der Waals surface area contributed by atoms with E-state index in [1.54, 1.807) is 20.3 Å². The average Bonchev–Trinajstić information content (AvgIpc) is 2.40. The molecule has 0 aromatic heterocycles. The summed E-state index contributed by atoms with van der Waals surface area (Å²) in [7, 11) is 3.13. The zero-order valence-electron chi connectivity index (χ0n) is 11.7. The van der Waals surface area contributed by atoms with Crippen LogP contribution in [0.1, 0.15) is 24.0 Å². The number of methoxy groups -OCH3 is 2. The van der Waals surface area contributed by atoms with E-state index in [-0.39, 0.29) is 18.7 Å². The maximum atomic E-state index is 11.7. The number of hydrogen-bond acceptors (Lipinski definition) is 4. The smallest absolute Gasteiger partial charge is 0.225 e. The summed E-state index contributed by atoms with van der Waals surface area (Å²) >= 11 is 0. The normalized spacial score (nSPS) is 9.63. The first kappa shape index (κ1) is 14.8. The summed E-state index contributed by atoms with van der Waals surface area (Å²) in [4.78, 5) is 11.7. The molecule has 0 radical (unpaired) electrons. The summed E-state index contributed by atoms with van der Waals surface area (Å²) in [5, 5.41) is 11.2. The Labute approximate surface area is 113 Å². The van der Waals surface area contributed by atoms with Crippen LogP contribution in [0.15, 0.2) is 6.07 Å². The van der Waals surface area contributed by atoms with Crippen LogP contribution in [0, 0.1) is 25.2 Å². The molecule has 1 N–H and O–H groups in total. The van der Waals surface area contributed by atoms with Crippen LogP contribution in [-0.4, -0.2) is 20.1 Å². The van der Waals surface area contributed by atoms with Gasteiger partial charge < -0.3 is 14.8 Å². The topological polar surface area (TPSA) is 71.3 Å². The number of benzene rings is 1. The van der Waals surface area contributed by atoms with Gasteiger partial charge in [0.05, 0.1) is 26.0 Å². The van der Waals surface area contributed by atoms with E-state index < -0.39 is 0 Å². The maximum Gasteiger partial charge on any atom is 0.225 e. The van der Waals surface area contributed by atoms with Gasteiger partial charge in [-0.1, -0.05) is 0 Å². The van der Waals surface area contributed by atoms with Crippen LogP contribution in [0.2, 0.25) is 0 Å². The fourth-order valence-corrected chi connectivity index (χ4v) is 1.81. The van der Waals surface area contributed by atoms with Crippen LogP contribution >= 0.6 is 0 Å². The van der Waals surface area contributed by atoms with E-state index >= 15 is 0 Å². The number of rotatable bonds is 5. The molecule has 19 heavy (non-hydrogen) atoms. The van der Waals surface area contributed by atoms with Gasteiger partial charge >= 0.3 is 0 Å². The Balaban J connectivity index is 3.09. The van der Waals surface area contributed by atoms with Crippen molar-refractivity contribution >= 4 is 11.6 Å². The third kappa shape index (κ3) is 3.38. The van der Waals surface area contributed by atoms with Crippen molar-refractivity contribution in [3.8, 4) is 17.6 Å². The largest absolute Gasteiger partial charge is 0.496 e. The van der Waals surface area contributed by atoms with Crippen molar-refractivity contribution in [2.75, 3.05) is 19.5 Å². The monoisotopic (exact) mass is 262 g/mol. The van der Waals surface area contributed by atoms with E-state index in [9.17, 15) is 4.79 Å². The maximum absolute atomic E-state index is 11.7. The molecule has 0 aliphatic rings. The quantitative estimate of drug-likeness (QED) is 0.885. The van der Waals surface area contributed by atoms with Gasteiger partial charge in [0.25, 0.3) is 0 Å². The molecule has 1 rings (SSSR count). The van der Waals surface area contributed by atoms with Crippen LogP contribution in [0.3, 0.4) is 0 Å². The van der Waals surface area contributed by atoms with E-state index in [2.05, 4.69) is 5.32 Å². The third-order valence-electron chi connectivity index (χ3n) is 2.95. The summed E-state index contributed by atoms with van der Waals surface area (Å²) in [6, 6.07) is 3.67. The summed E-state index contributed by atoms with van der Waals surface area (Å²) in [5.41, 5.74) is 2.44. The Kier molecular flexibility index (Phi) is 5.19. The van der Waals surface area contributed by atoms with E-state index in [1.807, 2.05) is 19.9 Å². The SMILES string of the molecule is COc1cc(NC(=O)CCC#N)c(OC)c(C)c1C. The highest BCUT2D eigenvalue weighted by atomic mass is 16.5. The third-order valence-corrected chi connectivity index (χ3v) is 2.95. The fourth-order valence-electron chi connectivity index (χ4n) is 1.81. The first-order valence-electron chi connectivity index (χ1n) is 5.94. The Morgan fingerprint density at radius 3 is 2.53 bits per heavy atom. The second kappa shape index (κ2) is 6.64. The molecule has 0 heterocycles. The molecular weight excluding hydrogens is 244 g/mol. The first-order chi connectivity index (χ1) is 9.04. The van der Waals surface area contributed by atoms with Gasteiger partial charge in [0.2, 0.25) is 5.91 Å². The van der Waals surface area contributed by atoms with Crippen LogP contribution in [0.4, 0.5) is 5.69 Å². The fraction of sp³-hybridized carbons (Fsp3) is 0.429. The minimum atomic E-state index is -0.217. The Morgan fingerprint density at radius 1 is 1.32 bits per heavy atom. The summed E-state index contributed by atoms with van der Waals surface area (Å²) in [6.45, 7) is 3.83. The van der Waals surface area contributed by atoms with Gasteiger partial charge in [-0.25, -0.2) is 0 Å². The molecule has 0 bridgehead atoms. The van der Waals surface area contributed by atoms with Crippen LogP contribution < -0.4 is 14.8 Å². The zero-order valence-corrected chi connectivity index (χ0v) is 11.7. The minimum Gasteiger partial charge on any atom is -0.496 e. The van der Waals surface area contributed by atoms with E-state index in [1.165, 1.54) is 0 Å². The number of hydrogen-bond donors (Lipinski definition) is 1. The van der Waals surface area contributed by atoms with Gasteiger partial charge in [0, 0.05) is 18.9 Å². The number of nitrogens with zero attached hydrogens (tertiary/aromatic N) is 1. The first-order valence-corrected chi connectivity index (χ1v) is 5.94. The molecular formula is C14H18N2O3. The Bertz CT molecular complexity index is 518. The van der Waals surface area contributed by atoms with Crippen molar-refractivity contribution in [1.82, 2.24) is 0 Å². The van der Waals surface area contributed by atoms with Crippen molar-refractivity contribution in [1.29, 1.82) is 5.26 Å². The molecule has 1 aromatic carbocycles. The van der Waals surface area contributed by atoms with Crippen LogP contribution in [0.5, 0.6) is 11.5 Å². The van der Waals surface area contributed by atoms with Gasteiger partial charge in [-0.3, -0.25) is 4.79 Å². The van der Waals surface area contributed by atoms with Gasteiger partial charge in [-0.15, -0.1) is 0 Å². The molecule has 1 amide bonds. The zero-order chi connectivity index (χ0) is 14.4. The predicted molar refractivity (Wildman–Crippen MR) is 72.5 cm³/mol. The van der Waals surface area contributed by atoms with Gasteiger partial charge in [0.15, 0.2) is 0 Å². The molecule has 1 aromatic rings. The second-order valence-electron chi connectivity index (χ2n) is 4.12. The van der Waals surface area contributed by atoms with Crippen molar-refractivity contribution in [2.24, 2.45) is 0 Å². The number of amides is 1. The molecule has 0 spiro atoms. The molecule has 0 saturated heterocycles. The summed E-state index contributed by atoms with van der Waals surface area (Å²) in [6.07, 6.45) is 0.352. The lowest BCUT2D eigenvalue weighted by molar-refractivity contribution is -0.116. The highest BCUT2D eigenvalue weighted by Gasteiger charge is 2.15. The number of carbonyl (C=O) groups is 1. The molecule has 0 atom stereocenters. The standard InChI is InChI=1S/C14H18N2O3/c1-9-10(2)14(19-4)11(8-12(9)18-3)16-13(17)6-5-7-15/h8H,5-6H2,1-4H3,(H,16,17). The molecule has 102 valence electrons. The molecule has 0 saturated carbocycles. The highest BCUT2D eigenvalue weighted by Crippen LogP contribution is 2.36. The Hall–Kier alpha value is -2.22.